The third kappa shape index (κ3) is 3.87. The summed E-state index contributed by atoms with van der Waals surface area (Å²) in [4.78, 5) is 12.8. The van der Waals surface area contributed by atoms with Crippen LogP contribution in [0.15, 0.2) is 24.3 Å². The first kappa shape index (κ1) is 15.6. The van der Waals surface area contributed by atoms with Crippen LogP contribution < -0.4 is 4.90 Å². The van der Waals surface area contributed by atoms with Gasteiger partial charge in [-0.3, -0.25) is 4.79 Å². The summed E-state index contributed by atoms with van der Waals surface area (Å²) in [5.41, 5.74) is -0.563. The Morgan fingerprint density at radius 1 is 1.43 bits per heavy atom. The van der Waals surface area contributed by atoms with E-state index >= 15 is 0 Å². The highest BCUT2D eigenvalue weighted by Crippen LogP contribution is 2.37. The van der Waals surface area contributed by atoms with E-state index in [1.165, 1.54) is 19.2 Å². The Morgan fingerprint density at radius 2 is 2.14 bits per heavy atom. The van der Waals surface area contributed by atoms with Crippen LogP contribution in [-0.2, 0) is 20.4 Å². The molecule has 7 heteroatoms. The lowest BCUT2D eigenvalue weighted by molar-refractivity contribution is -0.144. The summed E-state index contributed by atoms with van der Waals surface area (Å²) in [5, 5.41) is 0. The first-order valence-corrected chi connectivity index (χ1v) is 6.51. The largest absolute Gasteiger partial charge is 0.469 e. The molecule has 1 saturated heterocycles. The van der Waals surface area contributed by atoms with Gasteiger partial charge in [0.2, 0.25) is 0 Å². The standard InChI is InChI=1S/C14H16F3NO3/c1-20-13(19)8-10-9-18(6-7-21-10)12-5-3-2-4-11(12)14(15,16)17/h2-5,10H,6-9H2,1H3. The average Bonchev–Trinajstić information content (AvgIpc) is 2.46. The van der Waals surface area contributed by atoms with E-state index in [1.807, 2.05) is 0 Å². The number of esters is 1. The van der Waals surface area contributed by atoms with E-state index in [0.29, 0.717) is 6.54 Å². The zero-order valence-electron chi connectivity index (χ0n) is 11.5. The van der Waals surface area contributed by atoms with Crippen LogP contribution in [0.2, 0.25) is 0 Å². The molecule has 0 aliphatic carbocycles. The average molecular weight is 303 g/mol. The maximum absolute atomic E-state index is 13.0. The summed E-state index contributed by atoms with van der Waals surface area (Å²) in [7, 11) is 1.27. The number of hydrogen-bond donors (Lipinski definition) is 0. The first-order chi connectivity index (χ1) is 9.91. The van der Waals surface area contributed by atoms with Gasteiger partial charge in [-0.1, -0.05) is 12.1 Å². The van der Waals surface area contributed by atoms with E-state index < -0.39 is 23.8 Å². The molecule has 1 aliphatic heterocycles. The summed E-state index contributed by atoms with van der Waals surface area (Å²) >= 11 is 0. The Morgan fingerprint density at radius 3 is 2.81 bits per heavy atom. The molecule has 1 fully saturated rings. The summed E-state index contributed by atoms with van der Waals surface area (Å²) in [5.74, 6) is -0.439. The van der Waals surface area contributed by atoms with Crippen LogP contribution in [0, 0.1) is 0 Å². The molecule has 1 aromatic rings. The van der Waals surface area contributed by atoms with Crippen LogP contribution in [0.1, 0.15) is 12.0 Å². The minimum absolute atomic E-state index is 0.0290. The molecule has 116 valence electrons. The molecule has 4 nitrogen and oxygen atoms in total. The molecule has 1 aliphatic rings. The summed E-state index contributed by atoms with van der Waals surface area (Å²) in [6.45, 7) is 0.848. The Hall–Kier alpha value is -1.76. The number of benzene rings is 1. The smallest absolute Gasteiger partial charge is 0.418 e. The molecule has 1 atom stereocenters. The van der Waals surface area contributed by atoms with Crippen molar-refractivity contribution < 1.29 is 27.4 Å². The molecule has 1 aromatic carbocycles. The Labute approximate surface area is 120 Å². The minimum Gasteiger partial charge on any atom is -0.469 e. The maximum Gasteiger partial charge on any atom is 0.418 e. The predicted octanol–water partition coefficient (Wildman–Crippen LogP) is 2.47. The second-order valence-corrected chi connectivity index (χ2v) is 4.73. The molecular formula is C14H16F3NO3. The van der Waals surface area contributed by atoms with Crippen molar-refractivity contribution in [1.29, 1.82) is 0 Å². The molecule has 0 N–H and O–H groups in total. The predicted molar refractivity (Wildman–Crippen MR) is 70.0 cm³/mol. The Balaban J connectivity index is 2.17. The van der Waals surface area contributed by atoms with Crippen molar-refractivity contribution in [2.75, 3.05) is 31.7 Å². The van der Waals surface area contributed by atoms with Gasteiger partial charge < -0.3 is 14.4 Å². The van der Waals surface area contributed by atoms with Crippen molar-refractivity contribution in [2.45, 2.75) is 18.7 Å². The van der Waals surface area contributed by atoms with Crippen molar-refractivity contribution in [1.82, 2.24) is 0 Å². The number of alkyl halides is 3. The third-order valence-corrected chi connectivity index (χ3v) is 3.31. The van der Waals surface area contributed by atoms with Crippen LogP contribution in [0.3, 0.4) is 0 Å². The van der Waals surface area contributed by atoms with Crippen LogP contribution in [-0.4, -0.2) is 38.9 Å². The van der Waals surface area contributed by atoms with Crippen molar-refractivity contribution in [3.63, 3.8) is 0 Å². The number of methoxy groups -OCH3 is 1. The summed E-state index contributed by atoms with van der Waals surface area (Å²) < 4.78 is 49.1. The highest BCUT2D eigenvalue weighted by Gasteiger charge is 2.35. The lowest BCUT2D eigenvalue weighted by Crippen LogP contribution is -2.44. The minimum atomic E-state index is -4.41. The highest BCUT2D eigenvalue weighted by molar-refractivity contribution is 5.70. The van der Waals surface area contributed by atoms with Crippen molar-refractivity contribution in [3.05, 3.63) is 29.8 Å². The zero-order chi connectivity index (χ0) is 15.5. The lowest BCUT2D eigenvalue weighted by Gasteiger charge is -2.35. The first-order valence-electron chi connectivity index (χ1n) is 6.51. The zero-order valence-corrected chi connectivity index (χ0v) is 11.5. The fourth-order valence-electron chi connectivity index (χ4n) is 2.32. The van der Waals surface area contributed by atoms with Gasteiger partial charge in [-0.2, -0.15) is 13.2 Å². The molecule has 0 radical (unpaired) electrons. The molecule has 0 aromatic heterocycles. The van der Waals surface area contributed by atoms with Gasteiger partial charge in [-0.05, 0) is 12.1 Å². The van der Waals surface area contributed by atoms with Gasteiger partial charge in [0.05, 0.1) is 31.8 Å². The monoisotopic (exact) mass is 303 g/mol. The number of anilines is 1. The maximum atomic E-state index is 13.0. The van der Waals surface area contributed by atoms with Crippen LogP contribution in [0.5, 0.6) is 0 Å². The second-order valence-electron chi connectivity index (χ2n) is 4.73. The number of hydrogen-bond acceptors (Lipinski definition) is 4. The number of morpholine rings is 1. The molecule has 0 amide bonds. The van der Waals surface area contributed by atoms with Gasteiger partial charge in [0.1, 0.15) is 0 Å². The van der Waals surface area contributed by atoms with E-state index in [4.69, 9.17) is 4.74 Å². The van der Waals surface area contributed by atoms with Crippen LogP contribution in [0.25, 0.3) is 0 Å². The van der Waals surface area contributed by atoms with Crippen molar-refractivity contribution in [3.8, 4) is 0 Å². The van der Waals surface area contributed by atoms with Crippen LogP contribution >= 0.6 is 0 Å². The van der Waals surface area contributed by atoms with E-state index in [1.54, 1.807) is 11.0 Å². The number of halogens is 3. The molecule has 1 heterocycles. The van der Waals surface area contributed by atoms with Crippen molar-refractivity contribution in [2.24, 2.45) is 0 Å². The molecule has 0 bridgehead atoms. The fourth-order valence-corrected chi connectivity index (χ4v) is 2.32. The van der Waals surface area contributed by atoms with Gasteiger partial charge in [0, 0.05) is 18.8 Å². The quantitative estimate of drug-likeness (QED) is 0.804. The SMILES string of the molecule is COC(=O)CC1CN(c2ccccc2C(F)(F)F)CCO1. The van der Waals surface area contributed by atoms with E-state index in [9.17, 15) is 18.0 Å². The summed E-state index contributed by atoms with van der Waals surface area (Å²) in [6, 6.07) is 5.41. The van der Waals surface area contributed by atoms with E-state index in [-0.39, 0.29) is 25.3 Å². The van der Waals surface area contributed by atoms with Crippen molar-refractivity contribution >= 4 is 11.7 Å². The van der Waals surface area contributed by atoms with Gasteiger partial charge in [0.25, 0.3) is 0 Å². The fraction of sp³-hybridized carbons (Fsp3) is 0.500. The van der Waals surface area contributed by atoms with Gasteiger partial charge in [0.15, 0.2) is 0 Å². The molecule has 21 heavy (non-hydrogen) atoms. The molecule has 0 saturated carbocycles. The molecule has 2 rings (SSSR count). The number of para-hydroxylation sites is 1. The highest BCUT2D eigenvalue weighted by atomic mass is 19.4. The Bertz CT molecular complexity index is 504. The Kier molecular flexibility index (Phi) is 4.72. The number of nitrogens with zero attached hydrogens (tertiary/aromatic N) is 1. The molecular weight excluding hydrogens is 287 g/mol. The number of ether oxygens (including phenoxy) is 2. The third-order valence-electron chi connectivity index (χ3n) is 3.31. The second kappa shape index (κ2) is 6.34. The molecule has 0 spiro atoms. The normalized spacial score (nSPS) is 19.4. The van der Waals surface area contributed by atoms with Gasteiger partial charge in [-0.15, -0.1) is 0 Å². The van der Waals surface area contributed by atoms with Gasteiger partial charge >= 0.3 is 12.1 Å². The topological polar surface area (TPSA) is 38.8 Å². The van der Waals surface area contributed by atoms with E-state index in [2.05, 4.69) is 4.74 Å². The van der Waals surface area contributed by atoms with Crippen LogP contribution in [0.4, 0.5) is 18.9 Å². The van der Waals surface area contributed by atoms with Gasteiger partial charge in [-0.25, -0.2) is 0 Å². The van der Waals surface area contributed by atoms with E-state index in [0.717, 1.165) is 6.07 Å². The number of carbonyl (C=O) groups is 1. The molecule has 1 unspecified atom stereocenters. The summed E-state index contributed by atoms with van der Waals surface area (Å²) in [6.07, 6.45) is -4.85. The number of rotatable bonds is 3. The number of carbonyl (C=O) groups excluding carboxylic acids is 1. The lowest BCUT2D eigenvalue weighted by atomic mass is 10.1.